The summed E-state index contributed by atoms with van der Waals surface area (Å²) >= 11 is 0. The summed E-state index contributed by atoms with van der Waals surface area (Å²) in [6.07, 6.45) is 0. The Morgan fingerprint density at radius 1 is 0.943 bits per heavy atom. The van der Waals surface area contributed by atoms with Gasteiger partial charge in [0.15, 0.2) is 5.81 Å². The Labute approximate surface area is 211 Å². The van der Waals surface area contributed by atoms with Crippen LogP contribution in [0.15, 0.2) is 30.3 Å². The molecule has 0 aliphatic carbocycles. The van der Waals surface area contributed by atoms with E-state index in [9.17, 15) is 19.2 Å². The molecule has 194 valence electrons. The number of benzene rings is 1. The van der Waals surface area contributed by atoms with E-state index in [1.54, 1.807) is 14.1 Å². The number of nitrogens with zero attached hydrogens (tertiary/aromatic N) is 2. The van der Waals surface area contributed by atoms with Gasteiger partial charge in [-0.25, -0.2) is 4.79 Å². The smallest absolute Gasteiger partial charge is 0.328 e. The molecule has 0 aliphatic heterocycles. The van der Waals surface area contributed by atoms with Gasteiger partial charge in [-0.1, -0.05) is 78.8 Å². The van der Waals surface area contributed by atoms with Crippen molar-refractivity contribution in [2.75, 3.05) is 21.2 Å². The number of hydrogen-bond acceptors (Lipinski definition) is 5. The van der Waals surface area contributed by atoms with Crippen molar-refractivity contribution in [3.05, 3.63) is 35.9 Å². The van der Waals surface area contributed by atoms with Gasteiger partial charge in [0.25, 0.3) is 0 Å². The van der Waals surface area contributed by atoms with Gasteiger partial charge in [0.1, 0.15) is 18.1 Å². The Morgan fingerprint density at radius 3 is 1.86 bits per heavy atom. The monoisotopic (exact) mass is 487 g/mol. The molecule has 0 fully saturated rings. The Kier molecular flexibility index (Phi) is 10.1. The van der Waals surface area contributed by atoms with Crippen molar-refractivity contribution in [2.24, 2.45) is 11.3 Å². The van der Waals surface area contributed by atoms with Gasteiger partial charge in [0.05, 0.1) is 7.11 Å². The van der Waals surface area contributed by atoms with Gasteiger partial charge < -0.3 is 19.9 Å². The lowest BCUT2D eigenvalue weighted by atomic mass is 9.75. The third-order valence-corrected chi connectivity index (χ3v) is 6.57. The van der Waals surface area contributed by atoms with Crippen LogP contribution in [0, 0.1) is 11.3 Å². The highest BCUT2D eigenvalue weighted by Gasteiger charge is 2.45. The zero-order valence-electron chi connectivity index (χ0n) is 23.1. The van der Waals surface area contributed by atoms with Crippen LogP contribution in [0.2, 0.25) is 0 Å². The van der Waals surface area contributed by atoms with Crippen LogP contribution in [0.4, 0.5) is 4.79 Å². The van der Waals surface area contributed by atoms with E-state index < -0.39 is 46.7 Å². The number of esters is 1. The lowest BCUT2D eigenvalue weighted by molar-refractivity contribution is -0.155. The van der Waals surface area contributed by atoms with Gasteiger partial charge in [-0.15, -0.1) is 0 Å². The summed E-state index contributed by atoms with van der Waals surface area (Å²) in [6, 6.07) is 6.86. The van der Waals surface area contributed by atoms with Crippen LogP contribution in [0.3, 0.4) is 0 Å². The molecule has 1 rings (SSSR count). The first-order chi connectivity index (χ1) is 16.0. The molecular weight excluding hydrogens is 445 g/mol. The third-order valence-electron chi connectivity index (χ3n) is 6.57. The molecule has 0 radical (unpaired) electrons. The molecule has 0 saturated carbocycles. The molecule has 1 aromatic carbocycles. The van der Waals surface area contributed by atoms with Crippen molar-refractivity contribution >= 4 is 31.4 Å². The maximum atomic E-state index is 13.8. The molecule has 0 unspecified atom stereocenters. The van der Waals surface area contributed by atoms with Gasteiger partial charge in [-0.05, 0) is 16.9 Å². The number of likely N-dealkylation sites (N-methyl/N-ethyl adjacent to an activating group) is 2. The number of hydrogen-bond donors (Lipinski definition) is 1. The summed E-state index contributed by atoms with van der Waals surface area (Å²) in [5.74, 6) is -1.83. The topological polar surface area (TPSA) is 96.0 Å². The Hall–Kier alpha value is -2.84. The lowest BCUT2D eigenvalue weighted by Crippen LogP contribution is -2.63. The van der Waals surface area contributed by atoms with Crippen LogP contribution >= 0.6 is 0 Å². The largest absolute Gasteiger partial charge is 0.467 e. The molecule has 9 heteroatoms. The second kappa shape index (κ2) is 11.7. The van der Waals surface area contributed by atoms with Crippen molar-refractivity contribution in [2.45, 2.75) is 72.0 Å². The van der Waals surface area contributed by atoms with Crippen LogP contribution < -0.4 is 5.32 Å². The van der Waals surface area contributed by atoms with Gasteiger partial charge in [0.2, 0.25) is 19.7 Å². The van der Waals surface area contributed by atoms with Gasteiger partial charge in [0, 0.05) is 19.5 Å². The van der Waals surface area contributed by atoms with E-state index in [4.69, 9.17) is 4.74 Å². The number of methoxy groups -OCH3 is 1. The Balaban J connectivity index is 3.45. The average Bonchev–Trinajstić information content (AvgIpc) is 2.76. The predicted molar refractivity (Wildman–Crippen MR) is 140 cm³/mol. The number of rotatable bonds is 9. The first-order valence-electron chi connectivity index (χ1n) is 11.9. The molecule has 3 amide bonds. The minimum absolute atomic E-state index is 0.193. The van der Waals surface area contributed by atoms with E-state index in [-0.39, 0.29) is 11.7 Å². The van der Waals surface area contributed by atoms with Crippen molar-refractivity contribution in [3.8, 4) is 0 Å². The van der Waals surface area contributed by atoms with E-state index in [2.05, 4.69) is 5.32 Å². The second-order valence-corrected chi connectivity index (χ2v) is 11.1. The second-order valence-electron chi connectivity index (χ2n) is 11.1. The summed E-state index contributed by atoms with van der Waals surface area (Å²) in [5, 5.41) is 2.92. The number of carbonyl (C=O) groups is 4. The molecule has 0 aliphatic rings. The maximum Gasteiger partial charge on any atom is 0.328 e. The third kappa shape index (κ3) is 7.09. The summed E-state index contributed by atoms with van der Waals surface area (Å²) < 4.78 is 4.92. The highest BCUT2D eigenvalue weighted by atomic mass is 16.5. The fourth-order valence-corrected chi connectivity index (χ4v) is 4.40. The summed E-state index contributed by atoms with van der Waals surface area (Å²) in [6.45, 7) is 13.0. The predicted octanol–water partition coefficient (Wildman–Crippen LogP) is 2.20. The van der Waals surface area contributed by atoms with Gasteiger partial charge >= 0.3 is 5.97 Å². The normalized spacial score (nSPS) is 14.5. The first kappa shape index (κ1) is 30.2. The van der Waals surface area contributed by atoms with Crippen molar-refractivity contribution < 1.29 is 23.9 Å². The fourth-order valence-electron chi connectivity index (χ4n) is 4.40. The van der Waals surface area contributed by atoms with E-state index in [0.29, 0.717) is 0 Å². The SMILES string of the molecule is BC(=O)N(C)[C@@H](C(=O)N[C@H](C(=O)N(C)[C@H](C(=O)OC)C(C)C)C(C)(C)C)C(C)(C)c1ccccc1. The molecule has 1 aromatic rings. The number of carbonyl (C=O) groups excluding carboxylic acids is 4. The average molecular weight is 487 g/mol. The molecule has 0 aromatic heterocycles. The van der Waals surface area contributed by atoms with Crippen molar-refractivity contribution in [3.63, 3.8) is 0 Å². The zero-order chi connectivity index (χ0) is 27.3. The Morgan fingerprint density at radius 2 is 1.46 bits per heavy atom. The first-order valence-corrected chi connectivity index (χ1v) is 11.9. The highest BCUT2D eigenvalue weighted by molar-refractivity contribution is 6.57. The van der Waals surface area contributed by atoms with Crippen LogP contribution in [0.5, 0.6) is 0 Å². The fraction of sp³-hybridized carbons (Fsp3) is 0.615. The van der Waals surface area contributed by atoms with Crippen LogP contribution in [-0.4, -0.2) is 80.6 Å². The van der Waals surface area contributed by atoms with Crippen LogP contribution in [-0.2, 0) is 24.5 Å². The van der Waals surface area contributed by atoms with E-state index in [1.807, 2.05) is 78.8 Å². The van der Waals surface area contributed by atoms with E-state index in [1.165, 1.54) is 24.8 Å². The molecular formula is C26H42BN3O5. The molecule has 3 atom stereocenters. The Bertz CT molecular complexity index is 911. The van der Waals surface area contributed by atoms with Crippen LogP contribution in [0.25, 0.3) is 0 Å². The minimum atomic E-state index is -0.944. The summed E-state index contributed by atoms with van der Waals surface area (Å²) in [5.41, 5.74) is -0.542. The van der Waals surface area contributed by atoms with Gasteiger partial charge in [-0.3, -0.25) is 14.4 Å². The molecule has 0 heterocycles. The highest BCUT2D eigenvalue weighted by Crippen LogP contribution is 2.31. The number of nitrogens with one attached hydrogen (secondary N) is 1. The maximum absolute atomic E-state index is 13.8. The summed E-state index contributed by atoms with van der Waals surface area (Å²) in [4.78, 5) is 55.0. The van der Waals surface area contributed by atoms with E-state index in [0.717, 1.165) is 5.56 Å². The number of ether oxygens (including phenoxy) is 1. The molecule has 0 spiro atoms. The quantitative estimate of drug-likeness (QED) is 0.426. The lowest BCUT2D eigenvalue weighted by Gasteiger charge is -2.42. The van der Waals surface area contributed by atoms with Gasteiger partial charge in [-0.2, -0.15) is 0 Å². The molecule has 8 nitrogen and oxygen atoms in total. The molecule has 0 saturated heterocycles. The summed E-state index contributed by atoms with van der Waals surface area (Å²) in [7, 11) is 5.82. The molecule has 35 heavy (non-hydrogen) atoms. The standard InChI is InChI=1S/C26H42BN3O5/c1-16(2)18(23(33)35-10)29(8)22(32)19(25(3,4)5)28-21(31)20(30(9)24(27)34)26(6,7)17-14-12-11-13-15-17/h11-16,18-20H,27H2,1-10H3,(H,28,31)/t18-,19+,20-/m0/s1. The molecule has 0 bridgehead atoms. The molecule has 1 N–H and O–H groups in total. The zero-order valence-corrected chi connectivity index (χ0v) is 23.1. The van der Waals surface area contributed by atoms with Crippen molar-refractivity contribution in [1.29, 1.82) is 0 Å². The van der Waals surface area contributed by atoms with Crippen LogP contribution in [0.1, 0.15) is 54.0 Å². The van der Waals surface area contributed by atoms with Crippen molar-refractivity contribution in [1.82, 2.24) is 15.1 Å². The minimum Gasteiger partial charge on any atom is -0.467 e. The van der Waals surface area contributed by atoms with E-state index >= 15 is 0 Å². The number of amides is 3.